The van der Waals surface area contributed by atoms with Crippen LogP contribution in [0.4, 0.5) is 0 Å². The van der Waals surface area contributed by atoms with Gasteiger partial charge < -0.3 is 10.0 Å². The zero-order valence-corrected chi connectivity index (χ0v) is 13.0. The van der Waals surface area contributed by atoms with Gasteiger partial charge in [0, 0.05) is 24.5 Å². The molecule has 1 aliphatic rings. The topological polar surface area (TPSA) is 75.4 Å². The molecule has 0 saturated carbocycles. The fraction of sp³-hybridized carbons (Fsp3) is 0.353. The van der Waals surface area contributed by atoms with Crippen molar-refractivity contribution >= 4 is 11.9 Å². The van der Waals surface area contributed by atoms with E-state index in [2.05, 4.69) is 5.10 Å². The molecule has 120 valence electrons. The normalized spacial score (nSPS) is 18.0. The number of carboxylic acids is 1. The minimum absolute atomic E-state index is 0.216. The highest BCUT2D eigenvalue weighted by Gasteiger charge is 2.32. The smallest absolute Gasteiger partial charge is 0.326 e. The van der Waals surface area contributed by atoms with Crippen molar-refractivity contribution in [3.05, 3.63) is 47.8 Å². The summed E-state index contributed by atoms with van der Waals surface area (Å²) < 4.78 is 1.74. The molecule has 0 radical (unpaired) electrons. The Hall–Kier alpha value is -2.63. The number of rotatable bonds is 3. The number of aliphatic carboxylic acids is 1. The first kappa shape index (κ1) is 15.3. The van der Waals surface area contributed by atoms with Crippen LogP contribution >= 0.6 is 0 Å². The molecule has 1 amide bonds. The molecule has 1 aromatic heterocycles. The van der Waals surface area contributed by atoms with Crippen LogP contribution in [0.15, 0.2) is 36.7 Å². The highest BCUT2D eigenvalue weighted by atomic mass is 16.4. The first-order valence-corrected chi connectivity index (χ1v) is 7.72. The number of carbonyl (C=O) groups excluding carboxylic acids is 1. The first-order chi connectivity index (χ1) is 11.1. The number of hydrogen-bond donors (Lipinski definition) is 1. The summed E-state index contributed by atoms with van der Waals surface area (Å²) in [4.78, 5) is 25.6. The van der Waals surface area contributed by atoms with E-state index in [1.807, 2.05) is 25.3 Å². The average Bonchev–Trinajstić information content (AvgIpc) is 3.08. The van der Waals surface area contributed by atoms with Gasteiger partial charge in [0.1, 0.15) is 6.04 Å². The SMILES string of the molecule is Cc1cc(C(=O)N2CCCCC2C(=O)O)ccc1-n1cccn1. The zero-order valence-electron chi connectivity index (χ0n) is 13.0. The number of likely N-dealkylation sites (tertiary alicyclic amines) is 1. The Bertz CT molecular complexity index is 725. The van der Waals surface area contributed by atoms with E-state index >= 15 is 0 Å². The van der Waals surface area contributed by atoms with E-state index in [1.165, 1.54) is 4.90 Å². The molecular formula is C17H19N3O3. The van der Waals surface area contributed by atoms with Crippen molar-refractivity contribution in [2.75, 3.05) is 6.54 Å². The molecule has 6 heteroatoms. The Morgan fingerprint density at radius 1 is 1.30 bits per heavy atom. The van der Waals surface area contributed by atoms with Crippen LogP contribution in [0.25, 0.3) is 5.69 Å². The largest absolute Gasteiger partial charge is 0.480 e. The number of nitrogens with zero attached hydrogens (tertiary/aromatic N) is 3. The maximum absolute atomic E-state index is 12.7. The number of amides is 1. The van der Waals surface area contributed by atoms with E-state index in [-0.39, 0.29) is 5.91 Å². The molecule has 1 saturated heterocycles. The molecule has 1 fully saturated rings. The average molecular weight is 313 g/mol. The van der Waals surface area contributed by atoms with E-state index in [4.69, 9.17) is 0 Å². The van der Waals surface area contributed by atoms with Crippen molar-refractivity contribution in [2.24, 2.45) is 0 Å². The van der Waals surface area contributed by atoms with Crippen LogP contribution < -0.4 is 0 Å². The number of carboxylic acid groups (broad SMARTS) is 1. The lowest BCUT2D eigenvalue weighted by Gasteiger charge is -2.33. The van der Waals surface area contributed by atoms with Crippen LogP contribution in [0, 0.1) is 6.92 Å². The van der Waals surface area contributed by atoms with Crippen molar-refractivity contribution < 1.29 is 14.7 Å². The fourth-order valence-electron chi connectivity index (χ4n) is 3.05. The monoisotopic (exact) mass is 313 g/mol. The second-order valence-electron chi connectivity index (χ2n) is 5.80. The second-order valence-corrected chi connectivity index (χ2v) is 5.80. The Morgan fingerprint density at radius 3 is 2.78 bits per heavy atom. The number of piperidine rings is 1. The molecule has 1 unspecified atom stereocenters. The minimum Gasteiger partial charge on any atom is -0.480 e. The molecule has 0 aliphatic carbocycles. The number of carbonyl (C=O) groups is 2. The third-order valence-electron chi connectivity index (χ3n) is 4.24. The molecule has 1 aliphatic heterocycles. The zero-order chi connectivity index (χ0) is 16.4. The predicted molar refractivity (Wildman–Crippen MR) is 84.6 cm³/mol. The van der Waals surface area contributed by atoms with Gasteiger partial charge in [-0.3, -0.25) is 4.79 Å². The lowest BCUT2D eigenvalue weighted by atomic mass is 10.00. The van der Waals surface area contributed by atoms with Gasteiger partial charge in [0.15, 0.2) is 0 Å². The second kappa shape index (κ2) is 6.24. The lowest BCUT2D eigenvalue weighted by Crippen LogP contribution is -2.48. The van der Waals surface area contributed by atoms with Gasteiger partial charge in [-0.15, -0.1) is 0 Å². The van der Waals surface area contributed by atoms with Gasteiger partial charge >= 0.3 is 5.97 Å². The molecule has 1 aromatic carbocycles. The number of aromatic nitrogens is 2. The molecule has 0 spiro atoms. The van der Waals surface area contributed by atoms with Crippen LogP contribution in [0.1, 0.15) is 35.2 Å². The van der Waals surface area contributed by atoms with Gasteiger partial charge in [-0.25, -0.2) is 9.48 Å². The number of hydrogen-bond acceptors (Lipinski definition) is 3. The summed E-state index contributed by atoms with van der Waals surface area (Å²) >= 11 is 0. The fourth-order valence-corrected chi connectivity index (χ4v) is 3.05. The summed E-state index contributed by atoms with van der Waals surface area (Å²) in [6.07, 6.45) is 5.75. The molecule has 1 atom stereocenters. The Kier molecular flexibility index (Phi) is 4.14. The van der Waals surface area contributed by atoms with Crippen molar-refractivity contribution in [2.45, 2.75) is 32.2 Å². The van der Waals surface area contributed by atoms with Gasteiger partial charge in [-0.05, 0) is 56.0 Å². The maximum Gasteiger partial charge on any atom is 0.326 e. The Morgan fingerprint density at radius 2 is 2.13 bits per heavy atom. The third-order valence-corrected chi connectivity index (χ3v) is 4.24. The molecule has 2 heterocycles. The molecule has 6 nitrogen and oxygen atoms in total. The van der Waals surface area contributed by atoms with Crippen LogP contribution in [-0.2, 0) is 4.79 Å². The highest BCUT2D eigenvalue weighted by Crippen LogP contribution is 2.22. The van der Waals surface area contributed by atoms with E-state index in [0.717, 1.165) is 24.1 Å². The third kappa shape index (κ3) is 2.97. The summed E-state index contributed by atoms with van der Waals surface area (Å²) in [6.45, 7) is 2.41. The summed E-state index contributed by atoms with van der Waals surface area (Å²) in [6, 6.07) is 6.49. The Balaban J connectivity index is 1.87. The van der Waals surface area contributed by atoms with Crippen molar-refractivity contribution in [3.63, 3.8) is 0 Å². The number of aryl methyl sites for hydroxylation is 1. The van der Waals surface area contributed by atoms with Crippen LogP contribution in [0.2, 0.25) is 0 Å². The van der Waals surface area contributed by atoms with Crippen molar-refractivity contribution in [1.82, 2.24) is 14.7 Å². The Labute approximate surface area is 134 Å². The van der Waals surface area contributed by atoms with Crippen molar-refractivity contribution in [3.8, 4) is 5.69 Å². The van der Waals surface area contributed by atoms with E-state index in [1.54, 1.807) is 23.0 Å². The minimum atomic E-state index is -0.928. The first-order valence-electron chi connectivity index (χ1n) is 7.72. The summed E-state index contributed by atoms with van der Waals surface area (Å²) in [5, 5.41) is 13.5. The van der Waals surface area contributed by atoms with Crippen molar-refractivity contribution in [1.29, 1.82) is 0 Å². The van der Waals surface area contributed by atoms with Gasteiger partial charge in [0.25, 0.3) is 5.91 Å². The van der Waals surface area contributed by atoms with Gasteiger partial charge in [0.05, 0.1) is 5.69 Å². The summed E-state index contributed by atoms with van der Waals surface area (Å²) in [7, 11) is 0. The quantitative estimate of drug-likeness (QED) is 0.943. The highest BCUT2D eigenvalue weighted by molar-refractivity contribution is 5.97. The van der Waals surface area contributed by atoms with Gasteiger partial charge in [0.2, 0.25) is 0 Å². The molecule has 2 aromatic rings. The lowest BCUT2D eigenvalue weighted by molar-refractivity contribution is -0.143. The van der Waals surface area contributed by atoms with Crippen LogP contribution in [-0.4, -0.2) is 44.3 Å². The van der Waals surface area contributed by atoms with E-state index < -0.39 is 12.0 Å². The summed E-state index contributed by atoms with van der Waals surface area (Å²) in [5.74, 6) is -1.14. The standard InChI is InChI=1S/C17H19N3O3/c1-12-11-13(6-7-14(12)20-10-4-8-18-20)16(21)19-9-3-2-5-15(19)17(22)23/h4,6-8,10-11,15H,2-3,5,9H2,1H3,(H,22,23). The van der Waals surface area contributed by atoms with E-state index in [9.17, 15) is 14.7 Å². The van der Waals surface area contributed by atoms with Gasteiger partial charge in [-0.2, -0.15) is 5.10 Å². The molecule has 23 heavy (non-hydrogen) atoms. The molecule has 3 rings (SSSR count). The number of benzene rings is 1. The molecule has 0 bridgehead atoms. The van der Waals surface area contributed by atoms with Crippen LogP contribution in [0.3, 0.4) is 0 Å². The van der Waals surface area contributed by atoms with Crippen LogP contribution in [0.5, 0.6) is 0 Å². The maximum atomic E-state index is 12.7. The molecule has 1 N–H and O–H groups in total. The van der Waals surface area contributed by atoms with Gasteiger partial charge in [-0.1, -0.05) is 0 Å². The predicted octanol–water partition coefficient (Wildman–Crippen LogP) is 2.26. The van der Waals surface area contributed by atoms with E-state index in [0.29, 0.717) is 18.5 Å². The molecular weight excluding hydrogens is 294 g/mol. The summed E-state index contributed by atoms with van der Waals surface area (Å²) in [5.41, 5.74) is 2.34.